The second-order valence-electron chi connectivity index (χ2n) is 8.08. The molecule has 0 aromatic heterocycles. The van der Waals surface area contributed by atoms with Crippen molar-refractivity contribution in [2.45, 2.75) is 62.7 Å². The molecule has 0 aliphatic carbocycles. The summed E-state index contributed by atoms with van der Waals surface area (Å²) in [6.45, 7) is 0.302. The molecular formula is C20H35N7O7S. The van der Waals surface area contributed by atoms with Crippen molar-refractivity contribution in [3.8, 4) is 0 Å². The van der Waals surface area contributed by atoms with Crippen LogP contribution in [0, 0.1) is 0 Å². The highest BCUT2D eigenvalue weighted by molar-refractivity contribution is 7.98. The van der Waals surface area contributed by atoms with Gasteiger partial charge in [0.05, 0.1) is 12.5 Å². The summed E-state index contributed by atoms with van der Waals surface area (Å²) >= 11 is 1.51. The Kier molecular flexibility index (Phi) is 12.9. The minimum Gasteiger partial charge on any atom is -0.481 e. The lowest BCUT2D eigenvalue weighted by Gasteiger charge is -2.28. The number of aliphatic carboxylic acids is 2. The van der Waals surface area contributed by atoms with Crippen molar-refractivity contribution in [3.63, 3.8) is 0 Å². The molecule has 1 aliphatic rings. The number of carboxylic acid groups (broad SMARTS) is 2. The van der Waals surface area contributed by atoms with E-state index in [1.54, 1.807) is 0 Å². The number of guanidine groups is 1. The maximum Gasteiger partial charge on any atom is 0.326 e. The smallest absolute Gasteiger partial charge is 0.326 e. The molecule has 3 amide bonds. The van der Waals surface area contributed by atoms with E-state index in [0.29, 0.717) is 25.0 Å². The van der Waals surface area contributed by atoms with Gasteiger partial charge in [-0.15, -0.1) is 0 Å². The molecular weight excluding hydrogens is 482 g/mol. The first-order valence-electron chi connectivity index (χ1n) is 11.1. The third kappa shape index (κ3) is 10.4. The molecule has 35 heavy (non-hydrogen) atoms. The van der Waals surface area contributed by atoms with Crippen LogP contribution in [0.4, 0.5) is 0 Å². The number of hydrogen-bond donors (Lipinski definition) is 7. The summed E-state index contributed by atoms with van der Waals surface area (Å²) in [5.74, 6) is -4.26. The third-order valence-electron chi connectivity index (χ3n) is 5.36. The van der Waals surface area contributed by atoms with Crippen LogP contribution in [0.5, 0.6) is 0 Å². The summed E-state index contributed by atoms with van der Waals surface area (Å²) in [4.78, 5) is 66.2. The van der Waals surface area contributed by atoms with Crippen LogP contribution in [0.3, 0.4) is 0 Å². The molecule has 0 aromatic carbocycles. The number of nitrogens with one attached hydrogen (secondary N) is 2. The van der Waals surface area contributed by atoms with Crippen molar-refractivity contribution >= 4 is 47.4 Å². The highest BCUT2D eigenvalue weighted by Crippen LogP contribution is 2.19. The van der Waals surface area contributed by atoms with E-state index < -0.39 is 60.2 Å². The van der Waals surface area contributed by atoms with Gasteiger partial charge in [0, 0.05) is 13.1 Å². The van der Waals surface area contributed by atoms with E-state index in [1.807, 2.05) is 6.26 Å². The van der Waals surface area contributed by atoms with Crippen LogP contribution in [0.2, 0.25) is 0 Å². The van der Waals surface area contributed by atoms with Gasteiger partial charge in [0.1, 0.15) is 18.1 Å². The Bertz CT molecular complexity index is 807. The molecule has 1 saturated heterocycles. The lowest BCUT2D eigenvalue weighted by atomic mass is 10.1. The molecule has 15 heteroatoms. The molecule has 14 nitrogen and oxygen atoms in total. The summed E-state index contributed by atoms with van der Waals surface area (Å²) in [5, 5.41) is 23.5. The van der Waals surface area contributed by atoms with Gasteiger partial charge in [0.25, 0.3) is 0 Å². The summed E-state index contributed by atoms with van der Waals surface area (Å²) in [5.41, 5.74) is 16.5. The SMILES string of the molecule is CSCCC(N)C(=O)NC(CCCN=C(N)N)C(=O)NC(CC(=O)O)C(=O)N1CCCC1C(=O)O. The molecule has 1 fully saturated rings. The van der Waals surface area contributed by atoms with Crippen LogP contribution >= 0.6 is 11.8 Å². The van der Waals surface area contributed by atoms with Crippen molar-refractivity contribution in [3.05, 3.63) is 0 Å². The van der Waals surface area contributed by atoms with Crippen molar-refractivity contribution in [2.24, 2.45) is 22.2 Å². The van der Waals surface area contributed by atoms with Gasteiger partial charge in [0.15, 0.2) is 5.96 Å². The summed E-state index contributed by atoms with van der Waals surface area (Å²) in [7, 11) is 0. The molecule has 4 unspecified atom stereocenters. The van der Waals surface area contributed by atoms with E-state index in [0.717, 1.165) is 4.90 Å². The van der Waals surface area contributed by atoms with Gasteiger partial charge in [-0.2, -0.15) is 11.8 Å². The molecule has 1 heterocycles. The normalized spacial score (nSPS) is 17.7. The van der Waals surface area contributed by atoms with Crippen molar-refractivity contribution in [1.29, 1.82) is 0 Å². The van der Waals surface area contributed by atoms with E-state index in [2.05, 4.69) is 15.6 Å². The van der Waals surface area contributed by atoms with Crippen LogP contribution < -0.4 is 27.8 Å². The first-order valence-corrected chi connectivity index (χ1v) is 12.5. The second kappa shape index (κ2) is 15.0. The molecule has 1 rings (SSSR count). The number of likely N-dealkylation sites (tertiary alicyclic amines) is 1. The molecule has 0 saturated carbocycles. The van der Waals surface area contributed by atoms with Gasteiger partial charge in [-0.1, -0.05) is 0 Å². The van der Waals surface area contributed by atoms with Crippen molar-refractivity contribution in [1.82, 2.24) is 15.5 Å². The Morgan fingerprint density at radius 3 is 2.31 bits per heavy atom. The fraction of sp³-hybridized carbons (Fsp3) is 0.700. The van der Waals surface area contributed by atoms with E-state index in [4.69, 9.17) is 17.2 Å². The number of rotatable bonds is 15. The molecule has 198 valence electrons. The largest absolute Gasteiger partial charge is 0.481 e. The zero-order valence-corrected chi connectivity index (χ0v) is 20.5. The van der Waals surface area contributed by atoms with E-state index >= 15 is 0 Å². The standard InChI is InChI=1S/C20H35N7O7S/c1-35-9-6-11(21)16(30)25-12(4-2-7-24-20(22)23)17(31)26-13(10-15(28)29)18(32)27-8-3-5-14(27)19(33)34/h11-14H,2-10,21H2,1H3,(H,25,30)(H,26,31)(H,28,29)(H,33,34)(H4,22,23,24). The molecule has 0 radical (unpaired) electrons. The number of carbonyl (C=O) groups excluding carboxylic acids is 3. The van der Waals surface area contributed by atoms with Crippen molar-refractivity contribution < 1.29 is 34.2 Å². The second-order valence-corrected chi connectivity index (χ2v) is 9.07. The fourth-order valence-corrected chi connectivity index (χ4v) is 4.05. The summed E-state index contributed by atoms with van der Waals surface area (Å²) in [6.07, 6.45) is 2.52. The fourth-order valence-electron chi connectivity index (χ4n) is 3.56. The molecule has 10 N–H and O–H groups in total. The van der Waals surface area contributed by atoms with Crippen LogP contribution in [0.15, 0.2) is 4.99 Å². The quantitative estimate of drug-likeness (QED) is 0.0688. The van der Waals surface area contributed by atoms with Crippen LogP contribution in [-0.4, -0.2) is 100.0 Å². The highest BCUT2D eigenvalue weighted by Gasteiger charge is 2.39. The van der Waals surface area contributed by atoms with E-state index in [-0.39, 0.29) is 31.9 Å². The Labute approximate surface area is 207 Å². The average molecular weight is 518 g/mol. The third-order valence-corrected chi connectivity index (χ3v) is 6.01. The van der Waals surface area contributed by atoms with Gasteiger partial charge >= 0.3 is 11.9 Å². The lowest BCUT2D eigenvalue weighted by Crippen LogP contribution is -2.57. The number of thioether (sulfide) groups is 1. The van der Waals surface area contributed by atoms with Gasteiger partial charge in [-0.25, -0.2) is 4.79 Å². The number of carbonyl (C=O) groups is 5. The van der Waals surface area contributed by atoms with E-state index in [9.17, 15) is 34.2 Å². The summed E-state index contributed by atoms with van der Waals surface area (Å²) < 4.78 is 0. The Morgan fingerprint density at radius 2 is 1.74 bits per heavy atom. The minimum atomic E-state index is -1.51. The van der Waals surface area contributed by atoms with Crippen molar-refractivity contribution in [2.75, 3.05) is 25.1 Å². The average Bonchev–Trinajstić information content (AvgIpc) is 3.28. The number of aliphatic imine (C=N–C) groups is 1. The number of carboxylic acids is 2. The molecule has 4 atom stereocenters. The first-order chi connectivity index (χ1) is 16.5. The Balaban J connectivity index is 3.01. The molecule has 1 aliphatic heterocycles. The molecule has 0 bridgehead atoms. The molecule has 0 aromatic rings. The maximum absolute atomic E-state index is 13.0. The topological polar surface area (TPSA) is 244 Å². The zero-order chi connectivity index (χ0) is 26.5. The predicted molar refractivity (Wildman–Crippen MR) is 129 cm³/mol. The van der Waals surface area contributed by atoms with E-state index in [1.165, 1.54) is 11.8 Å². The minimum absolute atomic E-state index is 0.0824. The van der Waals surface area contributed by atoms with Gasteiger partial charge in [-0.3, -0.25) is 24.2 Å². The number of nitrogens with zero attached hydrogens (tertiary/aromatic N) is 2. The monoisotopic (exact) mass is 517 g/mol. The zero-order valence-electron chi connectivity index (χ0n) is 19.6. The van der Waals surface area contributed by atoms with Gasteiger partial charge in [-0.05, 0) is 44.1 Å². The van der Waals surface area contributed by atoms with Crippen LogP contribution in [0.1, 0.15) is 38.5 Å². The van der Waals surface area contributed by atoms with Crippen LogP contribution in [0.25, 0.3) is 0 Å². The number of amides is 3. The Hall–Kier alpha value is -3.07. The lowest BCUT2D eigenvalue weighted by molar-refractivity contribution is -0.150. The number of nitrogens with two attached hydrogens (primary N) is 3. The predicted octanol–water partition coefficient (Wildman–Crippen LogP) is -2.36. The van der Waals surface area contributed by atoms with Gasteiger partial charge in [0.2, 0.25) is 17.7 Å². The van der Waals surface area contributed by atoms with Gasteiger partial charge < -0.3 is 42.9 Å². The maximum atomic E-state index is 13.0. The highest BCUT2D eigenvalue weighted by atomic mass is 32.2. The number of hydrogen-bond acceptors (Lipinski definition) is 8. The summed E-state index contributed by atoms with van der Waals surface area (Å²) in [6, 6.07) is -4.62. The Morgan fingerprint density at radius 1 is 1.09 bits per heavy atom. The first kappa shape index (κ1) is 30.0. The van der Waals surface area contributed by atoms with Crippen LogP contribution in [-0.2, 0) is 24.0 Å². The molecule has 0 spiro atoms.